The zero-order chi connectivity index (χ0) is 30.2. The zero-order valence-electron chi connectivity index (χ0n) is 24.8. The van der Waals surface area contributed by atoms with E-state index in [1.54, 1.807) is 58.7 Å². The molecule has 1 saturated heterocycles. The van der Waals surface area contributed by atoms with Gasteiger partial charge in [0.15, 0.2) is 17.3 Å². The Balaban J connectivity index is 1.30. The van der Waals surface area contributed by atoms with Crippen LogP contribution in [0.15, 0.2) is 58.1 Å². The van der Waals surface area contributed by atoms with Gasteiger partial charge in [-0.05, 0) is 42.3 Å². The fraction of sp³-hybridized carbons (Fsp3) is 0.387. The number of carbonyl (C=O) groups is 1. The monoisotopic (exact) mass is 578 g/mol. The van der Waals surface area contributed by atoms with Crippen molar-refractivity contribution in [1.82, 2.24) is 14.0 Å². The highest BCUT2D eigenvalue weighted by atomic mass is 16.5. The van der Waals surface area contributed by atoms with E-state index in [2.05, 4.69) is 9.80 Å². The number of allylic oxidation sites excluding steroid dienone is 1. The summed E-state index contributed by atoms with van der Waals surface area (Å²) >= 11 is 0. The molecule has 1 aliphatic rings. The summed E-state index contributed by atoms with van der Waals surface area (Å²) in [6.45, 7) is 4.35. The summed E-state index contributed by atoms with van der Waals surface area (Å²) in [6.07, 6.45) is 3.99. The third-order valence-electron chi connectivity index (χ3n) is 7.34. The number of ketones is 1. The lowest BCUT2D eigenvalue weighted by atomic mass is 10.1. The van der Waals surface area contributed by atoms with E-state index in [4.69, 9.17) is 18.9 Å². The number of nitrogens with zero attached hydrogens (tertiary/aromatic N) is 4. The summed E-state index contributed by atoms with van der Waals surface area (Å²) in [5, 5.41) is 0. The summed E-state index contributed by atoms with van der Waals surface area (Å²) in [7, 11) is 7.80. The molecule has 1 aliphatic heterocycles. The van der Waals surface area contributed by atoms with Crippen molar-refractivity contribution in [1.29, 1.82) is 0 Å². The van der Waals surface area contributed by atoms with E-state index in [1.807, 2.05) is 12.1 Å². The largest absolute Gasteiger partial charge is 0.493 e. The SMILES string of the molecule is COc1cc(C=CC(=O)c2ccccc2OCCCN2CCN(c3cc(=O)n(C)c(=O)n3C)CC2)cc(OC)c1OC. The number of ether oxygens (including phenoxy) is 4. The van der Waals surface area contributed by atoms with E-state index in [1.165, 1.54) is 23.8 Å². The molecule has 1 aromatic heterocycles. The number of piperazine rings is 1. The molecule has 224 valence electrons. The maximum Gasteiger partial charge on any atom is 0.332 e. The van der Waals surface area contributed by atoms with Crippen molar-refractivity contribution in [3.05, 3.63) is 80.5 Å². The fourth-order valence-corrected chi connectivity index (χ4v) is 4.95. The first kappa shape index (κ1) is 30.4. The topological polar surface area (TPSA) is 104 Å². The van der Waals surface area contributed by atoms with E-state index in [9.17, 15) is 14.4 Å². The maximum absolute atomic E-state index is 13.1. The van der Waals surface area contributed by atoms with Gasteiger partial charge in [-0.2, -0.15) is 0 Å². The lowest BCUT2D eigenvalue weighted by Crippen LogP contribution is -2.49. The molecule has 1 fully saturated rings. The van der Waals surface area contributed by atoms with Gasteiger partial charge in [-0.15, -0.1) is 0 Å². The average molecular weight is 579 g/mol. The Bertz CT molecular complexity index is 1530. The Morgan fingerprint density at radius 1 is 0.857 bits per heavy atom. The molecule has 0 amide bonds. The standard InChI is InChI=1S/C31H38N4O7/c1-32-28(21-29(37)33(2)31(32)38)35-16-14-34(15-17-35)13-8-18-42-25-10-7-6-9-23(25)24(36)12-11-22-19-26(39-3)30(41-5)27(20-22)40-4/h6-7,9-12,19-21H,8,13-18H2,1-5H3. The Hall–Kier alpha value is -4.51. The number of anilines is 1. The number of hydrogen-bond acceptors (Lipinski definition) is 9. The lowest BCUT2D eigenvalue weighted by molar-refractivity contribution is 0.104. The van der Waals surface area contributed by atoms with Crippen molar-refractivity contribution in [2.75, 3.05) is 65.6 Å². The van der Waals surface area contributed by atoms with Crippen molar-refractivity contribution < 1.29 is 23.7 Å². The number of para-hydroxylation sites is 1. The van der Waals surface area contributed by atoms with E-state index < -0.39 is 0 Å². The molecule has 2 aromatic carbocycles. The highest BCUT2D eigenvalue weighted by molar-refractivity contribution is 6.08. The van der Waals surface area contributed by atoms with Gasteiger partial charge in [0.1, 0.15) is 11.6 Å². The molecular formula is C31H38N4O7. The van der Waals surface area contributed by atoms with Crippen LogP contribution in [-0.2, 0) is 14.1 Å². The predicted molar refractivity (Wildman–Crippen MR) is 162 cm³/mol. The van der Waals surface area contributed by atoms with Crippen LogP contribution in [0.2, 0.25) is 0 Å². The summed E-state index contributed by atoms with van der Waals surface area (Å²) < 4.78 is 24.8. The van der Waals surface area contributed by atoms with Crippen LogP contribution in [0.4, 0.5) is 5.82 Å². The van der Waals surface area contributed by atoms with Gasteiger partial charge in [-0.25, -0.2) is 4.79 Å². The molecule has 11 heteroatoms. The van der Waals surface area contributed by atoms with Gasteiger partial charge in [-0.3, -0.25) is 23.6 Å². The molecule has 2 heterocycles. The Kier molecular flexibility index (Phi) is 10.1. The van der Waals surface area contributed by atoms with Crippen molar-refractivity contribution >= 4 is 17.7 Å². The second-order valence-electron chi connectivity index (χ2n) is 9.92. The molecule has 3 aromatic rings. The second-order valence-corrected chi connectivity index (χ2v) is 9.92. The molecule has 0 spiro atoms. The van der Waals surface area contributed by atoms with E-state index in [0.29, 0.717) is 41.0 Å². The summed E-state index contributed by atoms with van der Waals surface area (Å²) in [4.78, 5) is 41.9. The third kappa shape index (κ3) is 6.85. The van der Waals surface area contributed by atoms with E-state index >= 15 is 0 Å². The lowest BCUT2D eigenvalue weighted by Gasteiger charge is -2.36. The minimum Gasteiger partial charge on any atom is -0.493 e. The van der Waals surface area contributed by atoms with Crippen LogP contribution in [0.3, 0.4) is 0 Å². The molecule has 4 rings (SSSR count). The van der Waals surface area contributed by atoms with Gasteiger partial charge in [0.05, 0.1) is 33.5 Å². The van der Waals surface area contributed by atoms with Crippen LogP contribution in [0.25, 0.3) is 6.08 Å². The minimum absolute atomic E-state index is 0.180. The first-order valence-electron chi connectivity index (χ1n) is 13.8. The molecule has 0 atom stereocenters. The quantitative estimate of drug-likeness (QED) is 0.182. The van der Waals surface area contributed by atoms with Crippen LogP contribution in [-0.4, -0.2) is 80.5 Å². The van der Waals surface area contributed by atoms with Crippen molar-refractivity contribution in [3.63, 3.8) is 0 Å². The Morgan fingerprint density at radius 2 is 1.52 bits per heavy atom. The van der Waals surface area contributed by atoms with Crippen LogP contribution < -0.4 is 35.1 Å². The highest BCUT2D eigenvalue weighted by Gasteiger charge is 2.20. The molecule has 0 aliphatic carbocycles. The molecule has 0 unspecified atom stereocenters. The summed E-state index contributed by atoms with van der Waals surface area (Å²) in [6, 6.07) is 12.3. The second kappa shape index (κ2) is 13.9. The molecule has 0 bridgehead atoms. The Labute approximate surface area is 245 Å². The molecular weight excluding hydrogens is 540 g/mol. The van der Waals surface area contributed by atoms with Crippen molar-refractivity contribution in [2.24, 2.45) is 14.1 Å². The smallest absolute Gasteiger partial charge is 0.332 e. The fourth-order valence-electron chi connectivity index (χ4n) is 4.95. The van der Waals surface area contributed by atoms with Crippen molar-refractivity contribution in [3.8, 4) is 23.0 Å². The molecule has 0 saturated carbocycles. The number of benzene rings is 2. The number of methoxy groups -OCH3 is 3. The number of aromatic nitrogens is 2. The van der Waals surface area contributed by atoms with Crippen molar-refractivity contribution in [2.45, 2.75) is 6.42 Å². The number of carbonyl (C=O) groups excluding carboxylic acids is 1. The number of rotatable bonds is 12. The number of hydrogen-bond donors (Lipinski definition) is 0. The van der Waals surface area contributed by atoms with Gasteiger partial charge in [0, 0.05) is 52.9 Å². The predicted octanol–water partition coefficient (Wildman–Crippen LogP) is 2.60. The van der Waals surface area contributed by atoms with Crippen LogP contribution in [0, 0.1) is 0 Å². The summed E-state index contributed by atoms with van der Waals surface area (Å²) in [5.74, 6) is 2.50. The maximum atomic E-state index is 13.1. The molecule has 11 nitrogen and oxygen atoms in total. The highest BCUT2D eigenvalue weighted by Crippen LogP contribution is 2.38. The average Bonchev–Trinajstić information content (AvgIpc) is 3.02. The van der Waals surface area contributed by atoms with Crippen LogP contribution in [0.1, 0.15) is 22.3 Å². The van der Waals surface area contributed by atoms with Gasteiger partial charge < -0.3 is 23.8 Å². The zero-order valence-corrected chi connectivity index (χ0v) is 24.8. The first-order valence-corrected chi connectivity index (χ1v) is 13.8. The minimum atomic E-state index is -0.326. The Morgan fingerprint density at radius 3 is 2.17 bits per heavy atom. The molecule has 0 N–H and O–H groups in total. The normalized spacial score (nSPS) is 13.8. The van der Waals surface area contributed by atoms with Gasteiger partial charge in [-0.1, -0.05) is 18.2 Å². The van der Waals surface area contributed by atoms with E-state index in [0.717, 1.165) is 49.3 Å². The van der Waals surface area contributed by atoms with E-state index in [-0.39, 0.29) is 17.0 Å². The van der Waals surface area contributed by atoms with Gasteiger partial charge in [0.25, 0.3) is 5.56 Å². The molecule has 42 heavy (non-hydrogen) atoms. The third-order valence-corrected chi connectivity index (χ3v) is 7.34. The summed E-state index contributed by atoms with van der Waals surface area (Å²) in [5.41, 5.74) is 0.582. The first-order chi connectivity index (χ1) is 20.3. The molecule has 0 radical (unpaired) electrons. The van der Waals surface area contributed by atoms with Crippen LogP contribution >= 0.6 is 0 Å². The van der Waals surface area contributed by atoms with Crippen LogP contribution in [0.5, 0.6) is 23.0 Å². The van der Waals surface area contributed by atoms with Gasteiger partial charge in [0.2, 0.25) is 5.75 Å². The van der Waals surface area contributed by atoms with Gasteiger partial charge >= 0.3 is 5.69 Å².